The number of hydrogen-bond donors (Lipinski definition) is 4. The molecule has 8 nitrogen and oxygen atoms in total. The monoisotopic (exact) mass is 716 g/mol. The van der Waals surface area contributed by atoms with E-state index >= 15 is 0 Å². The molecule has 4 aromatic rings. The molecule has 0 aliphatic carbocycles. The Morgan fingerprint density at radius 2 is 1.17 bits per heavy atom. The number of benzene rings is 4. The molecule has 0 aromatic heterocycles. The van der Waals surface area contributed by atoms with Crippen molar-refractivity contribution in [1.29, 1.82) is 0 Å². The number of rotatable bonds is 18. The van der Waals surface area contributed by atoms with Gasteiger partial charge >= 0.3 is 0 Å². The summed E-state index contributed by atoms with van der Waals surface area (Å²) in [5.74, 6) is 0.266. The molecule has 5 rings (SSSR count). The number of amides is 2. The molecule has 2 amide bonds. The fourth-order valence-electron chi connectivity index (χ4n) is 7.51. The Labute approximate surface area is 317 Å². The topological polar surface area (TPSA) is 131 Å². The van der Waals surface area contributed by atoms with Gasteiger partial charge < -0.3 is 32.3 Å². The van der Waals surface area contributed by atoms with Crippen LogP contribution in [0, 0.1) is 5.92 Å². The van der Waals surface area contributed by atoms with E-state index in [0.717, 1.165) is 67.4 Å². The molecule has 1 heterocycles. The van der Waals surface area contributed by atoms with Crippen molar-refractivity contribution >= 4 is 11.8 Å². The minimum atomic E-state index is -0.677. The largest absolute Gasteiger partial charge is 0.335 e. The number of aryl methyl sites for hydroxylation is 1. The maximum Gasteiger partial charge on any atom is 0.240 e. The van der Waals surface area contributed by atoms with Crippen molar-refractivity contribution in [3.05, 3.63) is 120 Å². The summed E-state index contributed by atoms with van der Waals surface area (Å²) >= 11 is 0. The predicted molar refractivity (Wildman–Crippen MR) is 218 cm³/mol. The van der Waals surface area contributed by atoms with Crippen LogP contribution < -0.4 is 22.5 Å². The van der Waals surface area contributed by atoms with Crippen molar-refractivity contribution in [2.75, 3.05) is 32.7 Å². The summed E-state index contributed by atoms with van der Waals surface area (Å²) in [5.41, 5.74) is 25.9. The zero-order chi connectivity index (χ0) is 37.6. The van der Waals surface area contributed by atoms with Gasteiger partial charge in [0.2, 0.25) is 11.8 Å². The third kappa shape index (κ3) is 11.6. The highest BCUT2D eigenvalue weighted by molar-refractivity contribution is 5.84. The van der Waals surface area contributed by atoms with Crippen molar-refractivity contribution in [2.24, 2.45) is 23.1 Å². The zero-order valence-electron chi connectivity index (χ0n) is 31.7. The number of nitrogens with zero attached hydrogens (tertiary/aromatic N) is 2. The van der Waals surface area contributed by atoms with E-state index in [9.17, 15) is 9.59 Å². The molecule has 1 saturated heterocycles. The Balaban J connectivity index is 1.26. The predicted octanol–water partition coefficient (Wildman–Crippen LogP) is 6.02. The van der Waals surface area contributed by atoms with Crippen LogP contribution in [0.15, 0.2) is 109 Å². The Morgan fingerprint density at radius 1 is 0.660 bits per heavy atom. The second kappa shape index (κ2) is 20.2. The number of unbranched alkanes of at least 4 members (excludes halogenated alkanes) is 1. The van der Waals surface area contributed by atoms with Gasteiger partial charge in [-0.1, -0.05) is 129 Å². The highest BCUT2D eigenvalue weighted by Crippen LogP contribution is 2.27. The van der Waals surface area contributed by atoms with E-state index in [2.05, 4.69) is 92.0 Å². The molecule has 0 radical (unpaired) electrons. The third-order valence-electron chi connectivity index (χ3n) is 10.4. The molecule has 1 fully saturated rings. The molecular formula is C45H60N6O2. The summed E-state index contributed by atoms with van der Waals surface area (Å²) in [4.78, 5) is 32.4. The molecule has 4 atom stereocenters. The van der Waals surface area contributed by atoms with E-state index in [1.165, 1.54) is 11.1 Å². The van der Waals surface area contributed by atoms with Crippen molar-refractivity contribution in [3.8, 4) is 22.3 Å². The molecule has 4 aromatic carbocycles. The van der Waals surface area contributed by atoms with Crippen molar-refractivity contribution < 1.29 is 9.59 Å². The Morgan fingerprint density at radius 3 is 1.74 bits per heavy atom. The van der Waals surface area contributed by atoms with Crippen molar-refractivity contribution in [2.45, 2.75) is 83.0 Å². The van der Waals surface area contributed by atoms with Gasteiger partial charge in [-0.25, -0.2) is 0 Å². The number of nitrogens with two attached hydrogens (primary N) is 3. The molecule has 53 heavy (non-hydrogen) atoms. The van der Waals surface area contributed by atoms with E-state index in [1.807, 2.05) is 46.2 Å². The van der Waals surface area contributed by atoms with Crippen LogP contribution in [-0.4, -0.2) is 78.5 Å². The first-order valence-corrected chi connectivity index (χ1v) is 19.5. The van der Waals surface area contributed by atoms with Crippen LogP contribution in [0.5, 0.6) is 0 Å². The first kappa shape index (κ1) is 39.9. The van der Waals surface area contributed by atoms with Crippen LogP contribution in [0.1, 0.15) is 57.1 Å². The molecule has 7 N–H and O–H groups in total. The lowest BCUT2D eigenvalue weighted by atomic mass is 9.93. The highest BCUT2D eigenvalue weighted by atomic mass is 16.2. The lowest BCUT2D eigenvalue weighted by molar-refractivity contribution is -0.149. The number of piperazine rings is 1. The summed E-state index contributed by atoms with van der Waals surface area (Å²) < 4.78 is 0. The smallest absolute Gasteiger partial charge is 0.240 e. The molecule has 0 spiro atoms. The van der Waals surface area contributed by atoms with E-state index in [-0.39, 0.29) is 23.9 Å². The number of carbonyl (C=O) groups excluding carboxylic acids is 2. The average molecular weight is 717 g/mol. The summed E-state index contributed by atoms with van der Waals surface area (Å²) in [6, 6.07) is 35.9. The molecule has 0 bridgehead atoms. The van der Waals surface area contributed by atoms with Gasteiger partial charge in [-0.3, -0.25) is 9.59 Å². The summed E-state index contributed by atoms with van der Waals surface area (Å²) in [6.45, 7) is 7.52. The molecule has 1 aliphatic heterocycles. The van der Waals surface area contributed by atoms with Gasteiger partial charge in [0.25, 0.3) is 0 Å². The van der Waals surface area contributed by atoms with E-state index < -0.39 is 12.1 Å². The highest BCUT2D eigenvalue weighted by Gasteiger charge is 2.40. The first-order chi connectivity index (χ1) is 25.7. The van der Waals surface area contributed by atoms with Crippen LogP contribution >= 0.6 is 0 Å². The lowest BCUT2D eigenvalue weighted by Crippen LogP contribution is -2.65. The molecular weight excluding hydrogens is 657 g/mol. The molecule has 1 aliphatic rings. The molecule has 282 valence electrons. The number of hydrogen-bond acceptors (Lipinski definition) is 6. The number of nitrogens with one attached hydrogen (secondary N) is 1. The van der Waals surface area contributed by atoms with Crippen molar-refractivity contribution in [3.63, 3.8) is 0 Å². The Hall–Kier alpha value is -4.34. The Kier molecular flexibility index (Phi) is 15.2. The fraction of sp³-hybridized carbons (Fsp3) is 0.422. The summed E-state index contributed by atoms with van der Waals surface area (Å²) in [5, 5.41) is 3.37. The summed E-state index contributed by atoms with van der Waals surface area (Å²) in [6.07, 6.45) is 5.19. The second-order valence-corrected chi connectivity index (χ2v) is 15.0. The lowest BCUT2D eigenvalue weighted by Gasteiger charge is -2.48. The zero-order valence-corrected chi connectivity index (χ0v) is 31.7. The van der Waals surface area contributed by atoms with Crippen LogP contribution in [0.3, 0.4) is 0 Å². The van der Waals surface area contributed by atoms with E-state index in [0.29, 0.717) is 38.4 Å². The normalized spacial score (nSPS) is 17.2. The number of carbonyl (C=O) groups is 2. The molecule has 0 unspecified atom stereocenters. The third-order valence-corrected chi connectivity index (χ3v) is 10.4. The van der Waals surface area contributed by atoms with Gasteiger partial charge in [0.05, 0.1) is 12.1 Å². The van der Waals surface area contributed by atoms with Gasteiger partial charge in [-0.05, 0) is 84.4 Å². The van der Waals surface area contributed by atoms with Gasteiger partial charge in [0, 0.05) is 38.3 Å². The van der Waals surface area contributed by atoms with Crippen LogP contribution in [0.4, 0.5) is 0 Å². The van der Waals surface area contributed by atoms with E-state index in [4.69, 9.17) is 17.2 Å². The minimum Gasteiger partial charge on any atom is -0.335 e. The first-order valence-electron chi connectivity index (χ1n) is 19.5. The summed E-state index contributed by atoms with van der Waals surface area (Å²) in [7, 11) is 0. The second-order valence-electron chi connectivity index (χ2n) is 15.0. The maximum absolute atomic E-state index is 14.2. The average Bonchev–Trinajstić information content (AvgIpc) is 3.19. The quantitative estimate of drug-likeness (QED) is 0.0932. The fourth-order valence-corrected chi connectivity index (χ4v) is 7.51. The van der Waals surface area contributed by atoms with Crippen LogP contribution in [0.2, 0.25) is 0 Å². The van der Waals surface area contributed by atoms with E-state index in [1.54, 1.807) is 0 Å². The van der Waals surface area contributed by atoms with Gasteiger partial charge in [0.1, 0.15) is 0 Å². The van der Waals surface area contributed by atoms with Crippen LogP contribution in [0.25, 0.3) is 22.3 Å². The molecule has 0 saturated carbocycles. The SMILES string of the molecule is CC(C)C[C@@H]1CN(C(=O)[C@H](N)Cc2ccc(-c3ccccc3)cc2)[C@@H](CCCCNCCN)CN1C(=O)[C@H](N)CCc1ccc(-c2ccccc2)cc1. The van der Waals surface area contributed by atoms with Gasteiger partial charge in [-0.2, -0.15) is 0 Å². The molecule has 8 heteroatoms. The Bertz CT molecular complexity index is 1680. The minimum absolute atomic E-state index is 0.0268. The van der Waals surface area contributed by atoms with Crippen LogP contribution in [-0.2, 0) is 22.4 Å². The standard InChI is InChI=1S/C45H60N6O2/c1-33(2)29-41-32-50(45(53)43(48)30-35-18-23-39(24-19-35)37-13-7-4-8-14-37)40(15-9-10-27-49-28-26-46)31-51(41)44(52)42(47)25-20-34-16-21-38(22-17-34)36-11-5-3-6-12-36/h3-8,11-14,16-19,21-24,33,40-43,49H,9-10,15,20,25-32,46-48H2,1-2H3/t40-,41+,42+,43+/m0/s1. The van der Waals surface area contributed by atoms with Gasteiger partial charge in [0.15, 0.2) is 0 Å². The van der Waals surface area contributed by atoms with Gasteiger partial charge in [-0.15, -0.1) is 0 Å². The maximum atomic E-state index is 14.2. The van der Waals surface area contributed by atoms with Crippen molar-refractivity contribution in [1.82, 2.24) is 15.1 Å².